The Morgan fingerprint density at radius 1 is 0.862 bits per heavy atom. The highest BCUT2D eigenvalue weighted by atomic mass is 16.5. The van der Waals surface area contributed by atoms with E-state index in [-0.39, 0.29) is 5.91 Å². The number of rotatable bonds is 8. The predicted molar refractivity (Wildman–Crippen MR) is 118 cm³/mol. The first-order chi connectivity index (χ1) is 14.1. The summed E-state index contributed by atoms with van der Waals surface area (Å²) in [5.74, 6) is 1.27. The molecule has 0 aliphatic rings. The highest BCUT2D eigenvalue weighted by Gasteiger charge is 2.22. The molecular weight excluding hydrogens is 362 g/mol. The predicted octanol–water partition coefficient (Wildman–Crippen LogP) is 5.12. The number of benzene rings is 3. The molecule has 4 nitrogen and oxygen atoms in total. The van der Waals surface area contributed by atoms with Gasteiger partial charge in [-0.15, -0.1) is 0 Å². The molecular formula is C25H29NO3. The van der Waals surface area contributed by atoms with Gasteiger partial charge in [0.05, 0.1) is 19.8 Å². The number of nitrogens with zero attached hydrogens (tertiary/aromatic N) is 1. The number of hydrogen-bond acceptors (Lipinski definition) is 3. The van der Waals surface area contributed by atoms with E-state index in [1.165, 1.54) is 16.3 Å². The van der Waals surface area contributed by atoms with E-state index in [0.29, 0.717) is 30.2 Å². The second-order valence-corrected chi connectivity index (χ2v) is 7.02. The van der Waals surface area contributed by atoms with Crippen LogP contribution in [-0.4, -0.2) is 38.1 Å². The van der Waals surface area contributed by atoms with Crippen LogP contribution in [0.25, 0.3) is 10.8 Å². The monoisotopic (exact) mass is 391 g/mol. The summed E-state index contributed by atoms with van der Waals surface area (Å²) >= 11 is 0. The van der Waals surface area contributed by atoms with Crippen molar-refractivity contribution in [2.45, 2.75) is 26.7 Å². The Morgan fingerprint density at radius 3 is 2.24 bits per heavy atom. The quantitative estimate of drug-likeness (QED) is 0.535. The van der Waals surface area contributed by atoms with E-state index >= 15 is 0 Å². The normalized spacial score (nSPS) is 10.8. The highest BCUT2D eigenvalue weighted by molar-refractivity contribution is 5.98. The van der Waals surface area contributed by atoms with Crippen molar-refractivity contribution in [2.24, 2.45) is 0 Å². The van der Waals surface area contributed by atoms with Crippen LogP contribution in [-0.2, 0) is 12.8 Å². The van der Waals surface area contributed by atoms with Crippen LogP contribution >= 0.6 is 0 Å². The summed E-state index contributed by atoms with van der Waals surface area (Å²) in [6, 6.07) is 18.6. The molecule has 0 aliphatic heterocycles. The number of aryl methyl sites for hydroxylation is 2. The van der Waals surface area contributed by atoms with Crippen molar-refractivity contribution in [3.05, 3.63) is 71.3 Å². The Hall–Kier alpha value is -3.01. The lowest BCUT2D eigenvalue weighted by atomic mass is 9.96. The summed E-state index contributed by atoms with van der Waals surface area (Å²) < 4.78 is 11.0. The number of methoxy groups -OCH3 is 2. The number of carbonyl (C=O) groups excluding carboxylic acids is 1. The zero-order chi connectivity index (χ0) is 20.8. The number of amides is 1. The molecule has 0 aliphatic carbocycles. The Bertz CT molecular complexity index is 993. The summed E-state index contributed by atoms with van der Waals surface area (Å²) in [5, 5.41) is 2.46. The van der Waals surface area contributed by atoms with Gasteiger partial charge in [-0.1, -0.05) is 42.5 Å². The Morgan fingerprint density at radius 2 is 1.59 bits per heavy atom. The second-order valence-electron chi connectivity index (χ2n) is 7.02. The molecule has 0 N–H and O–H groups in total. The van der Waals surface area contributed by atoms with Gasteiger partial charge in [-0.2, -0.15) is 0 Å². The van der Waals surface area contributed by atoms with Crippen LogP contribution in [0, 0.1) is 0 Å². The molecule has 0 saturated heterocycles. The fraction of sp³-hybridized carbons (Fsp3) is 0.320. The largest absolute Gasteiger partial charge is 0.497 e. The highest BCUT2D eigenvalue weighted by Crippen LogP contribution is 2.31. The smallest absolute Gasteiger partial charge is 0.257 e. The molecule has 0 saturated carbocycles. The van der Waals surface area contributed by atoms with E-state index in [9.17, 15) is 4.79 Å². The van der Waals surface area contributed by atoms with Crippen LogP contribution in [0.5, 0.6) is 11.5 Å². The zero-order valence-corrected chi connectivity index (χ0v) is 17.7. The van der Waals surface area contributed by atoms with Gasteiger partial charge in [-0.3, -0.25) is 4.79 Å². The van der Waals surface area contributed by atoms with Crippen LogP contribution in [0.4, 0.5) is 0 Å². The van der Waals surface area contributed by atoms with Crippen LogP contribution in [0.1, 0.15) is 35.3 Å². The minimum atomic E-state index is 0.00279. The maximum atomic E-state index is 13.2. The van der Waals surface area contributed by atoms with Gasteiger partial charge >= 0.3 is 0 Å². The van der Waals surface area contributed by atoms with Crippen LogP contribution < -0.4 is 9.47 Å². The number of fused-ring (bicyclic) bond motifs is 1. The lowest BCUT2D eigenvalue weighted by Crippen LogP contribution is -2.31. The molecule has 3 aromatic rings. The van der Waals surface area contributed by atoms with E-state index in [0.717, 1.165) is 18.4 Å². The molecule has 0 atom stereocenters. The van der Waals surface area contributed by atoms with E-state index in [1.807, 2.05) is 24.8 Å². The lowest BCUT2D eigenvalue weighted by Gasteiger charge is -2.23. The van der Waals surface area contributed by atoms with Crippen molar-refractivity contribution in [1.29, 1.82) is 0 Å². The molecule has 29 heavy (non-hydrogen) atoms. The Balaban J connectivity index is 1.96. The van der Waals surface area contributed by atoms with Crippen LogP contribution in [0.3, 0.4) is 0 Å². The average Bonchev–Trinajstić information content (AvgIpc) is 2.77. The Labute approximate surface area is 173 Å². The van der Waals surface area contributed by atoms with Gasteiger partial charge in [-0.25, -0.2) is 0 Å². The van der Waals surface area contributed by atoms with Crippen molar-refractivity contribution in [3.8, 4) is 11.5 Å². The first-order valence-electron chi connectivity index (χ1n) is 10.1. The SMILES string of the molecule is CCN(CC)C(=O)c1c(CCc2ccc3ccccc3c2)cc(OC)cc1OC. The maximum Gasteiger partial charge on any atom is 0.257 e. The van der Waals surface area contributed by atoms with Gasteiger partial charge in [0.1, 0.15) is 11.5 Å². The van der Waals surface area contributed by atoms with Crippen molar-refractivity contribution >= 4 is 16.7 Å². The molecule has 1 amide bonds. The molecule has 0 spiro atoms. The number of ether oxygens (including phenoxy) is 2. The fourth-order valence-electron chi connectivity index (χ4n) is 3.71. The molecule has 0 fully saturated rings. The van der Waals surface area contributed by atoms with Gasteiger partial charge in [0, 0.05) is 19.2 Å². The summed E-state index contributed by atoms with van der Waals surface area (Å²) in [4.78, 5) is 15.0. The summed E-state index contributed by atoms with van der Waals surface area (Å²) in [7, 11) is 3.23. The van der Waals surface area contributed by atoms with Gasteiger partial charge in [0.25, 0.3) is 5.91 Å². The summed E-state index contributed by atoms with van der Waals surface area (Å²) in [6.45, 7) is 5.31. The first-order valence-corrected chi connectivity index (χ1v) is 10.1. The molecule has 4 heteroatoms. The molecule has 152 valence electrons. The van der Waals surface area contributed by atoms with Crippen molar-refractivity contribution in [3.63, 3.8) is 0 Å². The van der Waals surface area contributed by atoms with Crippen molar-refractivity contribution in [1.82, 2.24) is 4.90 Å². The molecule has 0 unspecified atom stereocenters. The van der Waals surface area contributed by atoms with Gasteiger partial charge in [-0.05, 0) is 54.7 Å². The third kappa shape index (κ3) is 4.53. The summed E-state index contributed by atoms with van der Waals surface area (Å²) in [5.41, 5.74) is 2.83. The van der Waals surface area contributed by atoms with Crippen LogP contribution in [0.2, 0.25) is 0 Å². The molecule has 0 radical (unpaired) electrons. The molecule has 0 bridgehead atoms. The maximum absolute atomic E-state index is 13.2. The lowest BCUT2D eigenvalue weighted by molar-refractivity contribution is 0.0768. The molecule has 0 aromatic heterocycles. The fourth-order valence-corrected chi connectivity index (χ4v) is 3.71. The van der Waals surface area contributed by atoms with E-state index in [1.54, 1.807) is 20.3 Å². The standard InChI is InChI=1S/C25H29NO3/c1-5-26(6-2)25(27)24-21(16-22(28-3)17-23(24)29-4)14-12-18-11-13-19-9-7-8-10-20(19)15-18/h7-11,13,15-17H,5-6,12,14H2,1-4H3. The molecule has 3 aromatic carbocycles. The first kappa shape index (κ1) is 20.7. The minimum absolute atomic E-state index is 0.00279. The van der Waals surface area contributed by atoms with Crippen molar-refractivity contribution < 1.29 is 14.3 Å². The molecule has 3 rings (SSSR count). The topological polar surface area (TPSA) is 38.8 Å². The molecule has 0 heterocycles. The van der Waals surface area contributed by atoms with Gasteiger partial charge in [0.15, 0.2) is 0 Å². The van der Waals surface area contributed by atoms with Gasteiger partial charge < -0.3 is 14.4 Å². The van der Waals surface area contributed by atoms with Crippen LogP contribution in [0.15, 0.2) is 54.6 Å². The second kappa shape index (κ2) is 9.46. The number of hydrogen-bond donors (Lipinski definition) is 0. The van der Waals surface area contributed by atoms with E-state index in [4.69, 9.17) is 9.47 Å². The third-order valence-electron chi connectivity index (χ3n) is 5.37. The average molecular weight is 392 g/mol. The van der Waals surface area contributed by atoms with Crippen molar-refractivity contribution in [2.75, 3.05) is 27.3 Å². The Kier molecular flexibility index (Phi) is 6.76. The number of carbonyl (C=O) groups is 1. The third-order valence-corrected chi connectivity index (χ3v) is 5.37. The zero-order valence-electron chi connectivity index (χ0n) is 17.7. The summed E-state index contributed by atoms with van der Waals surface area (Å²) in [6.07, 6.45) is 1.56. The van der Waals surface area contributed by atoms with E-state index < -0.39 is 0 Å². The minimum Gasteiger partial charge on any atom is -0.497 e. The van der Waals surface area contributed by atoms with E-state index in [2.05, 4.69) is 42.5 Å². The van der Waals surface area contributed by atoms with Gasteiger partial charge in [0.2, 0.25) is 0 Å².